The second kappa shape index (κ2) is 10.3. The van der Waals surface area contributed by atoms with Crippen molar-refractivity contribution < 1.29 is 37.0 Å². The summed E-state index contributed by atoms with van der Waals surface area (Å²) in [7, 11) is 0. The van der Waals surface area contributed by atoms with Gasteiger partial charge in [0.05, 0.1) is 22.5 Å². The molecular weight excluding hydrogens is 506 g/mol. The van der Waals surface area contributed by atoms with Crippen LogP contribution in [-0.4, -0.2) is 60.5 Å². The summed E-state index contributed by atoms with van der Waals surface area (Å²) in [5.41, 5.74) is -1.71. The number of aliphatic hydroxyl groups is 1. The van der Waals surface area contributed by atoms with E-state index in [-0.39, 0.29) is 55.6 Å². The second-order valence-corrected chi connectivity index (χ2v) is 10.6. The van der Waals surface area contributed by atoms with Gasteiger partial charge < -0.3 is 25.8 Å². The van der Waals surface area contributed by atoms with E-state index >= 15 is 0 Å². The zero-order valence-electron chi connectivity index (χ0n) is 19.6. The summed E-state index contributed by atoms with van der Waals surface area (Å²) < 4.78 is 58.1. The van der Waals surface area contributed by atoms with E-state index in [1.54, 1.807) is 0 Å². The average molecular weight is 536 g/mol. The Kier molecular flexibility index (Phi) is 7.73. The number of amides is 2. The van der Waals surface area contributed by atoms with Crippen LogP contribution in [0.4, 0.5) is 17.6 Å². The minimum Gasteiger partial charge on any atom is -0.484 e. The Morgan fingerprint density at radius 1 is 1.22 bits per heavy atom. The molecule has 4 N–H and O–H groups in total. The largest absolute Gasteiger partial charge is 0.484 e. The smallest absolute Gasteiger partial charge is 0.391 e. The standard InChI is InChI=1S/C24H30ClF4N3O4/c25-17-2-1-16(10-18(17)26)36-13-20(34)32-22-4-6-23(7-5-22,19(33)11-22)21(35)31-12-15-9-14(3-8-30-15)24(27,28)29/h1-2,10,14-15,19,30,33H,3-9,11-13H2,(H,31,35)(H,32,34). The first-order valence-corrected chi connectivity index (χ1v) is 12.5. The van der Waals surface area contributed by atoms with E-state index in [0.717, 1.165) is 6.07 Å². The molecule has 0 spiro atoms. The lowest BCUT2D eigenvalue weighted by Gasteiger charge is -2.55. The van der Waals surface area contributed by atoms with Gasteiger partial charge in [0.15, 0.2) is 6.61 Å². The molecule has 36 heavy (non-hydrogen) atoms. The average Bonchev–Trinajstić information content (AvgIpc) is 2.83. The van der Waals surface area contributed by atoms with E-state index in [1.165, 1.54) is 12.1 Å². The molecule has 12 heteroatoms. The minimum absolute atomic E-state index is 0.0199. The van der Waals surface area contributed by atoms with Crippen LogP contribution in [0.25, 0.3) is 0 Å². The van der Waals surface area contributed by atoms with Crippen molar-refractivity contribution in [2.24, 2.45) is 11.3 Å². The normalized spacial score (nSPS) is 32.1. The molecular formula is C24H30ClF4N3O4. The lowest BCUT2D eigenvalue weighted by molar-refractivity contribution is -0.182. The molecule has 4 fully saturated rings. The summed E-state index contributed by atoms with van der Waals surface area (Å²) in [4.78, 5) is 25.6. The van der Waals surface area contributed by atoms with Crippen LogP contribution in [-0.2, 0) is 9.59 Å². The zero-order chi connectivity index (χ0) is 26.1. The lowest BCUT2D eigenvalue weighted by atomic mass is 9.55. The number of ether oxygens (including phenoxy) is 1. The molecule has 3 unspecified atom stereocenters. The highest BCUT2D eigenvalue weighted by molar-refractivity contribution is 6.30. The molecule has 1 aromatic carbocycles. The Balaban J connectivity index is 1.28. The van der Waals surface area contributed by atoms with Gasteiger partial charge in [-0.2, -0.15) is 13.2 Å². The number of halogens is 5. The Morgan fingerprint density at radius 2 is 1.94 bits per heavy atom. The van der Waals surface area contributed by atoms with Crippen molar-refractivity contribution in [1.82, 2.24) is 16.0 Å². The van der Waals surface area contributed by atoms with Crippen molar-refractivity contribution in [2.75, 3.05) is 19.7 Å². The molecule has 3 aliphatic carbocycles. The van der Waals surface area contributed by atoms with Gasteiger partial charge >= 0.3 is 6.18 Å². The number of nitrogens with one attached hydrogen (secondary N) is 3. The van der Waals surface area contributed by atoms with Crippen LogP contribution in [0.5, 0.6) is 5.75 Å². The third kappa shape index (κ3) is 5.73. The topological polar surface area (TPSA) is 99.7 Å². The van der Waals surface area contributed by atoms with Gasteiger partial charge in [0.25, 0.3) is 5.91 Å². The summed E-state index contributed by atoms with van der Waals surface area (Å²) in [6.07, 6.45) is -3.54. The molecule has 3 saturated carbocycles. The number of benzene rings is 1. The number of alkyl halides is 3. The van der Waals surface area contributed by atoms with Gasteiger partial charge in [0.2, 0.25) is 5.91 Å². The van der Waals surface area contributed by atoms with Gasteiger partial charge in [-0.3, -0.25) is 9.59 Å². The van der Waals surface area contributed by atoms with Gasteiger partial charge in [-0.1, -0.05) is 11.6 Å². The monoisotopic (exact) mass is 535 g/mol. The molecule has 2 amide bonds. The number of fused-ring (bicyclic) bond motifs is 3. The van der Waals surface area contributed by atoms with Crippen molar-refractivity contribution in [2.45, 2.75) is 68.8 Å². The van der Waals surface area contributed by atoms with Gasteiger partial charge in [-0.15, -0.1) is 0 Å². The van der Waals surface area contributed by atoms with Crippen molar-refractivity contribution in [3.63, 3.8) is 0 Å². The SMILES string of the molecule is O=C(COc1ccc(Cl)c(F)c1)NC12CCC(C(=O)NCC3CC(C(F)(F)F)CCN3)(CC1)C(O)C2. The predicted octanol–water partition coefficient (Wildman–Crippen LogP) is 3.08. The number of hydrogen-bond acceptors (Lipinski definition) is 5. The maximum Gasteiger partial charge on any atom is 0.391 e. The maximum atomic E-state index is 13.5. The van der Waals surface area contributed by atoms with Crippen LogP contribution in [0, 0.1) is 17.2 Å². The van der Waals surface area contributed by atoms with Crippen LogP contribution in [0.15, 0.2) is 18.2 Å². The number of rotatable bonds is 7. The van der Waals surface area contributed by atoms with Crippen LogP contribution in [0.2, 0.25) is 5.02 Å². The van der Waals surface area contributed by atoms with E-state index in [1.807, 2.05) is 0 Å². The van der Waals surface area contributed by atoms with Gasteiger partial charge in [0, 0.05) is 24.2 Å². The number of aliphatic hydroxyl groups excluding tert-OH is 1. The minimum atomic E-state index is -4.25. The Hall–Kier alpha value is -2.11. The highest BCUT2D eigenvalue weighted by atomic mass is 35.5. The molecule has 200 valence electrons. The van der Waals surface area contributed by atoms with Crippen molar-refractivity contribution in [3.8, 4) is 5.75 Å². The van der Waals surface area contributed by atoms with Gasteiger partial charge in [-0.25, -0.2) is 4.39 Å². The van der Waals surface area contributed by atoms with Gasteiger partial charge in [-0.05, 0) is 63.6 Å². The van der Waals surface area contributed by atoms with E-state index in [4.69, 9.17) is 16.3 Å². The summed E-state index contributed by atoms with van der Waals surface area (Å²) in [5, 5.41) is 19.5. The Bertz CT molecular complexity index is 985. The lowest BCUT2D eigenvalue weighted by Crippen LogP contribution is -2.66. The number of carbonyl (C=O) groups is 2. The molecule has 1 heterocycles. The van der Waals surface area contributed by atoms with Crippen LogP contribution < -0.4 is 20.7 Å². The number of carbonyl (C=O) groups excluding carboxylic acids is 2. The van der Waals surface area contributed by atoms with Crippen LogP contribution in [0.3, 0.4) is 0 Å². The molecule has 1 saturated heterocycles. The molecule has 0 aromatic heterocycles. The fourth-order valence-corrected chi connectivity index (χ4v) is 5.85. The summed E-state index contributed by atoms with van der Waals surface area (Å²) in [5.74, 6) is -2.69. The number of piperidine rings is 1. The van der Waals surface area contributed by atoms with Crippen molar-refractivity contribution >= 4 is 23.4 Å². The highest BCUT2D eigenvalue weighted by Gasteiger charge is 2.58. The quantitative estimate of drug-likeness (QED) is 0.402. The fraction of sp³-hybridized carbons (Fsp3) is 0.667. The molecule has 1 aromatic rings. The van der Waals surface area contributed by atoms with E-state index in [9.17, 15) is 32.3 Å². The summed E-state index contributed by atoms with van der Waals surface area (Å²) >= 11 is 5.64. The van der Waals surface area contributed by atoms with Gasteiger partial charge in [0.1, 0.15) is 11.6 Å². The molecule has 3 atom stereocenters. The molecule has 2 bridgehead atoms. The molecule has 0 radical (unpaired) electrons. The van der Waals surface area contributed by atoms with Crippen LogP contribution >= 0.6 is 11.6 Å². The maximum absolute atomic E-state index is 13.5. The van der Waals surface area contributed by atoms with Crippen molar-refractivity contribution in [3.05, 3.63) is 29.0 Å². The Labute approximate surface area is 211 Å². The first-order chi connectivity index (χ1) is 16.9. The van der Waals surface area contributed by atoms with E-state index in [0.29, 0.717) is 25.7 Å². The third-order valence-electron chi connectivity index (χ3n) is 7.91. The molecule has 1 aliphatic heterocycles. The van der Waals surface area contributed by atoms with Crippen LogP contribution in [0.1, 0.15) is 44.9 Å². The first kappa shape index (κ1) is 26.9. The Morgan fingerprint density at radius 3 is 2.58 bits per heavy atom. The molecule has 4 aliphatic rings. The predicted molar refractivity (Wildman–Crippen MR) is 123 cm³/mol. The highest BCUT2D eigenvalue weighted by Crippen LogP contribution is 2.52. The molecule has 5 rings (SSSR count). The second-order valence-electron chi connectivity index (χ2n) is 10.2. The summed E-state index contributed by atoms with van der Waals surface area (Å²) in [6.45, 7) is -0.0559. The van der Waals surface area contributed by atoms with Crippen molar-refractivity contribution in [1.29, 1.82) is 0 Å². The third-order valence-corrected chi connectivity index (χ3v) is 8.21. The fourth-order valence-electron chi connectivity index (χ4n) is 5.73. The van der Waals surface area contributed by atoms with E-state index in [2.05, 4.69) is 16.0 Å². The number of hydrogen-bond donors (Lipinski definition) is 4. The summed E-state index contributed by atoms with van der Waals surface area (Å²) in [6, 6.07) is 3.37. The molecule has 7 nitrogen and oxygen atoms in total. The zero-order valence-corrected chi connectivity index (χ0v) is 20.4. The first-order valence-electron chi connectivity index (χ1n) is 12.1. The van der Waals surface area contributed by atoms with E-state index < -0.39 is 46.9 Å².